The fourth-order valence-electron chi connectivity index (χ4n) is 0. The van der Waals surface area contributed by atoms with E-state index in [0.29, 0.717) is 0 Å². The zero-order valence-corrected chi connectivity index (χ0v) is 12.1. The number of carboxylic acid groups (broad SMARTS) is 4. The van der Waals surface area contributed by atoms with Gasteiger partial charge in [-0.05, 0) is 27.7 Å². The molecule has 9 nitrogen and oxygen atoms in total. The van der Waals surface area contributed by atoms with Crippen molar-refractivity contribution in [3.05, 3.63) is 0 Å². The summed E-state index contributed by atoms with van der Waals surface area (Å²) in [4.78, 5) is 35.6. The number of carboxylic acids is 4. The van der Waals surface area contributed by atoms with Crippen LogP contribution in [0.5, 0.6) is 0 Å². The maximum absolute atomic E-state index is 8.89. The van der Waals surface area contributed by atoms with Crippen LogP contribution >= 0.6 is 0 Å². The first-order valence-corrected chi connectivity index (χ1v) is 3.63. The summed E-state index contributed by atoms with van der Waals surface area (Å²) in [7, 11) is 0. The Bertz CT molecular complexity index is 167. The van der Waals surface area contributed by atoms with Gasteiger partial charge in [0.25, 0.3) is 0 Å². The molecule has 10 heteroatoms. The van der Waals surface area contributed by atoms with E-state index in [0.717, 1.165) is 27.7 Å². The second kappa shape index (κ2) is 29.5. The number of hydrogen-bond acceptors (Lipinski definition) is 9. The van der Waals surface area contributed by atoms with E-state index < -0.39 is 23.9 Å². The zero-order chi connectivity index (χ0) is 14.3. The molecule has 0 fully saturated rings. The number of hydrogen-bond donors (Lipinski definition) is 1. The van der Waals surface area contributed by atoms with Gasteiger partial charge in [-0.1, -0.05) is 0 Å². The van der Waals surface area contributed by atoms with E-state index in [9.17, 15) is 0 Å². The molecule has 3 N–H and O–H groups in total. The van der Waals surface area contributed by atoms with Gasteiger partial charge in [-0.15, -0.1) is 0 Å². The molecule has 0 amide bonds. The van der Waals surface area contributed by atoms with Gasteiger partial charge in [-0.2, -0.15) is 0 Å². The Labute approximate surface area is 117 Å². The van der Waals surface area contributed by atoms with Gasteiger partial charge in [-0.3, -0.25) is 0 Å². The molecular formula is C8H15NO8Ru. The summed E-state index contributed by atoms with van der Waals surface area (Å²) in [5.74, 6) is -4.33. The Kier molecular flexibility index (Phi) is 59.0. The summed E-state index contributed by atoms with van der Waals surface area (Å²) in [6.45, 7) is 3.89. The Morgan fingerprint density at radius 2 is 0.556 bits per heavy atom. The van der Waals surface area contributed by atoms with Crippen LogP contribution in [0.4, 0.5) is 0 Å². The molecule has 108 valence electrons. The molecule has 0 aliphatic rings. The van der Waals surface area contributed by atoms with Crippen LogP contribution in [0.3, 0.4) is 0 Å². The zero-order valence-electron chi connectivity index (χ0n) is 10.3. The largest absolute Gasteiger partial charge is 4.00 e. The first-order valence-electron chi connectivity index (χ1n) is 3.63. The summed E-state index contributed by atoms with van der Waals surface area (Å²) < 4.78 is 0. The van der Waals surface area contributed by atoms with Gasteiger partial charge in [0.05, 0.1) is 0 Å². The third-order valence-electron chi connectivity index (χ3n) is 0. The van der Waals surface area contributed by atoms with Crippen molar-refractivity contribution in [2.45, 2.75) is 27.7 Å². The summed E-state index contributed by atoms with van der Waals surface area (Å²) in [6, 6.07) is 0. The molecule has 0 aromatic rings. The van der Waals surface area contributed by atoms with Crippen molar-refractivity contribution in [2.24, 2.45) is 0 Å². The van der Waals surface area contributed by atoms with Crippen molar-refractivity contribution in [3.8, 4) is 0 Å². The van der Waals surface area contributed by atoms with E-state index in [4.69, 9.17) is 39.6 Å². The van der Waals surface area contributed by atoms with Crippen molar-refractivity contribution >= 4 is 23.9 Å². The van der Waals surface area contributed by atoms with Crippen LogP contribution < -0.4 is 26.6 Å². The Hall–Kier alpha value is -1.54. The molecule has 0 atom stereocenters. The summed E-state index contributed by atoms with van der Waals surface area (Å²) >= 11 is 0. The average Bonchev–Trinajstić information content (AvgIpc) is 1.76. The molecule has 0 saturated carbocycles. The van der Waals surface area contributed by atoms with Crippen LogP contribution in [-0.4, -0.2) is 23.9 Å². The van der Waals surface area contributed by atoms with Crippen molar-refractivity contribution in [2.75, 3.05) is 0 Å². The van der Waals surface area contributed by atoms with Crippen molar-refractivity contribution in [1.82, 2.24) is 6.15 Å². The smallest absolute Gasteiger partial charge is 0.550 e. The minimum absolute atomic E-state index is 0. The molecule has 0 heterocycles. The van der Waals surface area contributed by atoms with Gasteiger partial charge < -0.3 is 45.8 Å². The van der Waals surface area contributed by atoms with Gasteiger partial charge in [0.2, 0.25) is 0 Å². The van der Waals surface area contributed by atoms with E-state index in [-0.39, 0.29) is 25.6 Å². The molecule has 0 aromatic carbocycles. The summed E-state index contributed by atoms with van der Waals surface area (Å²) in [5.41, 5.74) is 0. The predicted molar refractivity (Wildman–Crippen MR) is 47.7 cm³/mol. The van der Waals surface area contributed by atoms with Crippen molar-refractivity contribution in [3.63, 3.8) is 0 Å². The van der Waals surface area contributed by atoms with Crippen LogP contribution in [0.15, 0.2) is 0 Å². The third-order valence-corrected chi connectivity index (χ3v) is 0. The number of aliphatic carboxylic acids is 4. The minimum Gasteiger partial charge on any atom is -0.550 e. The van der Waals surface area contributed by atoms with Crippen LogP contribution in [0, 0.1) is 0 Å². The Balaban J connectivity index is -0.0000000257. The molecule has 0 rings (SSSR count). The van der Waals surface area contributed by atoms with E-state index in [1.165, 1.54) is 0 Å². The van der Waals surface area contributed by atoms with E-state index >= 15 is 0 Å². The fraction of sp³-hybridized carbons (Fsp3) is 0.500. The first kappa shape index (κ1) is 36.0. The molecular weight excluding hydrogens is 339 g/mol. The molecule has 18 heavy (non-hydrogen) atoms. The van der Waals surface area contributed by atoms with Crippen LogP contribution in [0.2, 0.25) is 0 Å². The van der Waals surface area contributed by atoms with Crippen molar-refractivity contribution < 1.29 is 59.1 Å². The van der Waals surface area contributed by atoms with Crippen molar-refractivity contribution in [1.29, 1.82) is 0 Å². The number of carbonyl (C=O) groups excluding carboxylic acids is 4. The van der Waals surface area contributed by atoms with E-state index in [2.05, 4.69) is 0 Å². The molecule has 0 spiro atoms. The molecule has 0 radical (unpaired) electrons. The second-order valence-corrected chi connectivity index (χ2v) is 1.97. The van der Waals surface area contributed by atoms with Gasteiger partial charge in [0, 0.05) is 23.9 Å². The SMILES string of the molecule is CC(=O)[O-].CC(=O)[O-].CC(=O)[O-].CC(=O)[O-].N.[Ru+4]. The molecule has 0 aliphatic heterocycles. The topological polar surface area (TPSA) is 196 Å². The predicted octanol–water partition coefficient (Wildman–Crippen LogP) is -4.82. The minimum atomic E-state index is -1.08. The van der Waals surface area contributed by atoms with Crippen LogP contribution in [0.1, 0.15) is 27.7 Å². The van der Waals surface area contributed by atoms with Gasteiger partial charge in [0.15, 0.2) is 0 Å². The maximum Gasteiger partial charge on any atom is 4.00 e. The number of rotatable bonds is 0. The maximum atomic E-state index is 8.89. The standard InChI is InChI=1S/4C2H4O2.H3N.Ru/c4*1-2(3)4;;/h4*1H3,(H,3,4);1H3;/q;;;;;+4/p-4. The quantitative estimate of drug-likeness (QED) is 0.415. The van der Waals surface area contributed by atoms with E-state index in [1.807, 2.05) is 0 Å². The molecule has 0 bridgehead atoms. The summed E-state index contributed by atoms with van der Waals surface area (Å²) in [6.07, 6.45) is 0. The van der Waals surface area contributed by atoms with Crippen LogP contribution in [0.25, 0.3) is 0 Å². The number of carbonyl (C=O) groups is 4. The molecule has 0 saturated heterocycles. The Morgan fingerprint density at radius 1 is 0.556 bits per heavy atom. The Morgan fingerprint density at radius 3 is 0.556 bits per heavy atom. The average molecular weight is 354 g/mol. The molecule has 0 aromatic heterocycles. The van der Waals surface area contributed by atoms with Crippen LogP contribution in [-0.2, 0) is 38.7 Å². The second-order valence-electron chi connectivity index (χ2n) is 1.97. The fourth-order valence-corrected chi connectivity index (χ4v) is 0. The summed E-state index contributed by atoms with van der Waals surface area (Å²) in [5, 5.41) is 35.6. The van der Waals surface area contributed by atoms with Gasteiger partial charge in [0.1, 0.15) is 0 Å². The normalized spacial score (nSPS) is 5.56. The monoisotopic (exact) mass is 355 g/mol. The van der Waals surface area contributed by atoms with Gasteiger partial charge in [-0.25, -0.2) is 0 Å². The van der Waals surface area contributed by atoms with E-state index in [1.54, 1.807) is 0 Å². The molecule has 0 aliphatic carbocycles. The molecule has 0 unspecified atom stereocenters. The first-order chi connectivity index (χ1) is 6.93. The van der Waals surface area contributed by atoms with Gasteiger partial charge >= 0.3 is 19.5 Å². The third kappa shape index (κ3) is 1110.